The Morgan fingerprint density at radius 2 is 2.26 bits per heavy atom. The first-order valence-corrected chi connectivity index (χ1v) is 8.00. The Morgan fingerprint density at radius 1 is 1.43 bits per heavy atom. The summed E-state index contributed by atoms with van der Waals surface area (Å²) in [4.78, 5) is 16.1. The van der Waals surface area contributed by atoms with Crippen LogP contribution in [0.25, 0.3) is 0 Å². The third kappa shape index (κ3) is 3.82. The van der Waals surface area contributed by atoms with Crippen LogP contribution in [-0.4, -0.2) is 46.1 Å². The van der Waals surface area contributed by atoms with Crippen LogP contribution in [0.3, 0.4) is 0 Å². The van der Waals surface area contributed by atoms with Crippen molar-refractivity contribution in [3.8, 4) is 0 Å². The van der Waals surface area contributed by atoms with Crippen LogP contribution in [0.15, 0.2) is 28.9 Å². The Morgan fingerprint density at radius 3 is 2.96 bits per heavy atom. The van der Waals surface area contributed by atoms with E-state index in [0.717, 1.165) is 37.6 Å². The van der Waals surface area contributed by atoms with Crippen molar-refractivity contribution in [1.82, 2.24) is 19.5 Å². The molecule has 0 unspecified atom stereocenters. The van der Waals surface area contributed by atoms with Crippen LogP contribution in [0.1, 0.15) is 23.6 Å². The van der Waals surface area contributed by atoms with Gasteiger partial charge < -0.3 is 14.0 Å². The maximum Gasteiger partial charge on any atom is 0.222 e. The van der Waals surface area contributed by atoms with Gasteiger partial charge in [-0.1, -0.05) is 5.16 Å². The molecule has 1 amide bonds. The number of carbonyl (C=O) groups is 1. The SMILES string of the molecule is Cc1cc(CN2Cc3cccn3C[C@H](CC(=O)N(C)C)C2)no1. The second-order valence-electron chi connectivity index (χ2n) is 6.61. The van der Waals surface area contributed by atoms with E-state index >= 15 is 0 Å². The Balaban J connectivity index is 1.75. The second-order valence-corrected chi connectivity index (χ2v) is 6.61. The molecule has 3 rings (SSSR count). The van der Waals surface area contributed by atoms with Gasteiger partial charge in [0.15, 0.2) is 0 Å². The first-order chi connectivity index (χ1) is 11.0. The standard InChI is InChI=1S/C17H24N4O2/c1-13-7-15(18-23-13)11-20-9-14(8-17(22)19(2)3)10-21-6-4-5-16(21)12-20/h4-7,14H,8-12H2,1-3H3/t14-/m1/s1. The zero-order valence-electron chi connectivity index (χ0n) is 14.0. The largest absolute Gasteiger partial charge is 0.361 e. The van der Waals surface area contributed by atoms with Gasteiger partial charge in [0.2, 0.25) is 5.91 Å². The minimum absolute atomic E-state index is 0.183. The molecule has 124 valence electrons. The summed E-state index contributed by atoms with van der Waals surface area (Å²) in [5, 5.41) is 4.10. The number of aromatic nitrogens is 2. The van der Waals surface area contributed by atoms with Crippen molar-refractivity contribution >= 4 is 5.91 Å². The number of hydrogen-bond acceptors (Lipinski definition) is 4. The third-order valence-electron chi connectivity index (χ3n) is 4.30. The van der Waals surface area contributed by atoms with Crippen LogP contribution in [0.2, 0.25) is 0 Å². The van der Waals surface area contributed by atoms with Gasteiger partial charge >= 0.3 is 0 Å². The molecule has 2 aromatic rings. The van der Waals surface area contributed by atoms with Crippen LogP contribution in [0.4, 0.5) is 0 Å². The van der Waals surface area contributed by atoms with Gasteiger partial charge in [-0.3, -0.25) is 9.69 Å². The summed E-state index contributed by atoms with van der Waals surface area (Å²) in [5.41, 5.74) is 2.23. The first-order valence-electron chi connectivity index (χ1n) is 8.00. The molecule has 23 heavy (non-hydrogen) atoms. The van der Waals surface area contributed by atoms with Crippen molar-refractivity contribution in [3.05, 3.63) is 41.5 Å². The summed E-state index contributed by atoms with van der Waals surface area (Å²) < 4.78 is 7.44. The van der Waals surface area contributed by atoms with E-state index in [1.165, 1.54) is 5.69 Å². The van der Waals surface area contributed by atoms with Gasteiger partial charge in [0.1, 0.15) is 5.76 Å². The van der Waals surface area contributed by atoms with Gasteiger partial charge in [0.25, 0.3) is 0 Å². The monoisotopic (exact) mass is 316 g/mol. The Bertz CT molecular complexity index is 674. The molecule has 0 aromatic carbocycles. The molecule has 1 atom stereocenters. The predicted octanol–water partition coefficient (Wildman–Crippen LogP) is 1.89. The molecular weight excluding hydrogens is 292 g/mol. The van der Waals surface area contributed by atoms with Gasteiger partial charge in [0, 0.05) is 64.7 Å². The summed E-state index contributed by atoms with van der Waals surface area (Å²) in [5.74, 6) is 1.31. The van der Waals surface area contributed by atoms with Crippen LogP contribution < -0.4 is 0 Å². The third-order valence-corrected chi connectivity index (χ3v) is 4.30. The van der Waals surface area contributed by atoms with Crippen molar-refractivity contribution < 1.29 is 9.32 Å². The molecule has 1 aliphatic rings. The molecule has 3 heterocycles. The number of carbonyl (C=O) groups excluding carboxylic acids is 1. The van der Waals surface area contributed by atoms with E-state index in [0.29, 0.717) is 12.3 Å². The van der Waals surface area contributed by atoms with Crippen LogP contribution >= 0.6 is 0 Å². The molecule has 6 heteroatoms. The molecule has 0 spiro atoms. The summed E-state index contributed by atoms with van der Waals surface area (Å²) in [6, 6.07) is 6.20. The van der Waals surface area contributed by atoms with E-state index in [9.17, 15) is 4.79 Å². The van der Waals surface area contributed by atoms with Crippen molar-refractivity contribution in [2.24, 2.45) is 5.92 Å². The molecule has 0 N–H and O–H groups in total. The number of fused-ring (bicyclic) bond motifs is 1. The highest BCUT2D eigenvalue weighted by Crippen LogP contribution is 2.21. The number of aryl methyl sites for hydroxylation is 1. The molecule has 0 saturated carbocycles. The lowest BCUT2D eigenvalue weighted by molar-refractivity contribution is -0.129. The molecule has 0 saturated heterocycles. The lowest BCUT2D eigenvalue weighted by Crippen LogP contribution is -2.32. The zero-order valence-corrected chi connectivity index (χ0v) is 14.0. The summed E-state index contributed by atoms with van der Waals surface area (Å²) in [6.07, 6.45) is 2.67. The van der Waals surface area contributed by atoms with Crippen LogP contribution in [0.5, 0.6) is 0 Å². The highest BCUT2D eigenvalue weighted by Gasteiger charge is 2.24. The Labute approximate surface area is 136 Å². The molecule has 1 aliphatic heterocycles. The smallest absolute Gasteiger partial charge is 0.222 e. The molecule has 0 bridgehead atoms. The second kappa shape index (κ2) is 6.58. The maximum absolute atomic E-state index is 12.1. The average molecular weight is 316 g/mol. The van der Waals surface area contributed by atoms with Gasteiger partial charge in [-0.25, -0.2) is 0 Å². The predicted molar refractivity (Wildman–Crippen MR) is 86.6 cm³/mol. The number of rotatable bonds is 4. The van der Waals surface area contributed by atoms with E-state index in [-0.39, 0.29) is 5.91 Å². The molecule has 0 radical (unpaired) electrons. The quantitative estimate of drug-likeness (QED) is 0.864. The van der Waals surface area contributed by atoms with Crippen molar-refractivity contribution in [2.75, 3.05) is 20.6 Å². The molecule has 0 fully saturated rings. The number of amides is 1. The van der Waals surface area contributed by atoms with Crippen molar-refractivity contribution in [3.63, 3.8) is 0 Å². The summed E-state index contributed by atoms with van der Waals surface area (Å²) >= 11 is 0. The molecule has 0 aliphatic carbocycles. The average Bonchev–Trinajstić information content (AvgIpc) is 3.04. The van der Waals surface area contributed by atoms with Gasteiger partial charge in [-0.15, -0.1) is 0 Å². The fraction of sp³-hybridized carbons (Fsp3) is 0.529. The summed E-state index contributed by atoms with van der Waals surface area (Å²) in [6.45, 7) is 5.28. The van der Waals surface area contributed by atoms with Gasteiger partial charge in [-0.2, -0.15) is 0 Å². The fourth-order valence-electron chi connectivity index (χ4n) is 3.17. The highest BCUT2D eigenvalue weighted by molar-refractivity contribution is 5.75. The number of hydrogen-bond donors (Lipinski definition) is 0. The van der Waals surface area contributed by atoms with Crippen LogP contribution in [0, 0.1) is 12.8 Å². The lowest BCUT2D eigenvalue weighted by atomic mass is 10.0. The minimum Gasteiger partial charge on any atom is -0.361 e. The summed E-state index contributed by atoms with van der Waals surface area (Å²) in [7, 11) is 3.63. The maximum atomic E-state index is 12.1. The van der Waals surface area contributed by atoms with E-state index in [1.807, 2.05) is 27.1 Å². The minimum atomic E-state index is 0.183. The first kappa shape index (κ1) is 15.8. The number of nitrogens with zero attached hydrogens (tertiary/aromatic N) is 4. The van der Waals surface area contributed by atoms with Crippen LogP contribution in [-0.2, 0) is 24.4 Å². The topological polar surface area (TPSA) is 54.5 Å². The normalized spacial score (nSPS) is 18.5. The van der Waals surface area contributed by atoms with E-state index in [4.69, 9.17) is 4.52 Å². The lowest BCUT2D eigenvalue weighted by Gasteiger charge is -2.23. The van der Waals surface area contributed by atoms with E-state index in [1.54, 1.807) is 4.90 Å². The van der Waals surface area contributed by atoms with Crippen molar-refractivity contribution in [2.45, 2.75) is 33.0 Å². The van der Waals surface area contributed by atoms with Gasteiger partial charge in [0.05, 0.1) is 5.69 Å². The highest BCUT2D eigenvalue weighted by atomic mass is 16.5. The molecular formula is C17H24N4O2. The van der Waals surface area contributed by atoms with Gasteiger partial charge in [-0.05, 0) is 25.0 Å². The zero-order chi connectivity index (χ0) is 16.4. The van der Waals surface area contributed by atoms with E-state index in [2.05, 4.69) is 33.0 Å². The Kier molecular flexibility index (Phi) is 4.52. The van der Waals surface area contributed by atoms with Crippen molar-refractivity contribution in [1.29, 1.82) is 0 Å². The molecule has 2 aromatic heterocycles. The van der Waals surface area contributed by atoms with E-state index < -0.39 is 0 Å². The Hall–Kier alpha value is -2.08. The fourth-order valence-corrected chi connectivity index (χ4v) is 3.17. The molecule has 6 nitrogen and oxygen atoms in total.